The zero-order chi connectivity index (χ0) is 14.6. The first-order chi connectivity index (χ1) is 8.74. The van der Waals surface area contributed by atoms with E-state index in [1.165, 1.54) is 7.11 Å². The molecule has 1 heterocycles. The van der Waals surface area contributed by atoms with Crippen LogP contribution in [0.3, 0.4) is 0 Å². The zero-order valence-electron chi connectivity index (χ0n) is 12.4. The summed E-state index contributed by atoms with van der Waals surface area (Å²) in [5, 5.41) is 3.16. The van der Waals surface area contributed by atoms with Gasteiger partial charge in [0.25, 0.3) is 5.91 Å². The van der Waals surface area contributed by atoms with E-state index in [9.17, 15) is 9.59 Å². The highest BCUT2D eigenvalue weighted by molar-refractivity contribution is 5.95. The topological polar surface area (TPSA) is 67.9 Å². The smallest absolute Gasteiger partial charge is 0.419 e. The minimum Gasteiger partial charge on any atom is -0.443 e. The Morgan fingerprint density at radius 1 is 1.32 bits per heavy atom. The molecule has 110 valence electrons. The Kier molecular flexibility index (Phi) is 5.31. The van der Waals surface area contributed by atoms with E-state index in [0.29, 0.717) is 0 Å². The van der Waals surface area contributed by atoms with Crippen LogP contribution in [-0.2, 0) is 14.3 Å². The molecule has 6 nitrogen and oxygen atoms in total. The second-order valence-corrected chi connectivity index (χ2v) is 5.86. The molecule has 1 aliphatic heterocycles. The number of hydrogen-bond donors (Lipinski definition) is 1. The lowest BCUT2D eigenvalue weighted by molar-refractivity contribution is -0.136. The molecule has 19 heavy (non-hydrogen) atoms. The first-order valence-corrected chi connectivity index (χ1v) is 6.54. The Morgan fingerprint density at radius 3 is 2.37 bits per heavy atom. The summed E-state index contributed by atoms with van der Waals surface area (Å²) in [5.74, 6) is -0.291. The van der Waals surface area contributed by atoms with Crippen LogP contribution in [0, 0.1) is 0 Å². The summed E-state index contributed by atoms with van der Waals surface area (Å²) in [6, 6.07) is -0.0466. The van der Waals surface area contributed by atoms with Gasteiger partial charge in [-0.3, -0.25) is 4.79 Å². The maximum atomic E-state index is 12.3. The molecule has 1 rings (SSSR count). The van der Waals surface area contributed by atoms with Gasteiger partial charge in [-0.25, -0.2) is 9.69 Å². The van der Waals surface area contributed by atoms with Crippen molar-refractivity contribution in [3.63, 3.8) is 0 Å². The van der Waals surface area contributed by atoms with Crippen molar-refractivity contribution >= 4 is 12.0 Å². The number of amides is 2. The van der Waals surface area contributed by atoms with E-state index in [-0.39, 0.29) is 24.7 Å². The van der Waals surface area contributed by atoms with Crippen LogP contribution in [-0.4, -0.2) is 48.4 Å². The van der Waals surface area contributed by atoms with Crippen molar-refractivity contribution in [2.45, 2.75) is 58.2 Å². The Balaban J connectivity index is 2.70. The molecular formula is C13H24N2O4. The van der Waals surface area contributed by atoms with E-state index in [1.54, 1.807) is 20.8 Å². The molecule has 2 atom stereocenters. The highest BCUT2D eigenvalue weighted by Gasteiger charge is 2.35. The van der Waals surface area contributed by atoms with Crippen molar-refractivity contribution in [3.8, 4) is 0 Å². The second-order valence-electron chi connectivity index (χ2n) is 5.86. The number of nitrogens with zero attached hydrogens (tertiary/aromatic N) is 1. The molecular weight excluding hydrogens is 248 g/mol. The minimum atomic E-state index is -0.666. The Labute approximate surface area is 114 Å². The van der Waals surface area contributed by atoms with Gasteiger partial charge in [-0.05, 0) is 40.5 Å². The SMILES string of the molecule is COCN(C(=O)OC(C)(C)C)C(=O)[C@@H]1CCC(C)N1. The normalized spacial score (nSPS) is 23.2. The molecule has 6 heteroatoms. The third-order valence-corrected chi connectivity index (χ3v) is 2.81. The summed E-state index contributed by atoms with van der Waals surface area (Å²) in [7, 11) is 1.44. The van der Waals surface area contributed by atoms with Crippen molar-refractivity contribution in [1.82, 2.24) is 10.2 Å². The monoisotopic (exact) mass is 272 g/mol. The van der Waals surface area contributed by atoms with Crippen LogP contribution in [0.25, 0.3) is 0 Å². The molecule has 0 aromatic rings. The average Bonchev–Trinajstić information content (AvgIpc) is 2.69. The zero-order valence-corrected chi connectivity index (χ0v) is 12.4. The van der Waals surface area contributed by atoms with E-state index in [4.69, 9.17) is 9.47 Å². The van der Waals surface area contributed by atoms with Crippen LogP contribution in [0.1, 0.15) is 40.5 Å². The fraction of sp³-hybridized carbons (Fsp3) is 0.846. The van der Waals surface area contributed by atoms with E-state index in [0.717, 1.165) is 17.7 Å². The molecule has 0 saturated carbocycles. The minimum absolute atomic E-state index is 0.0969. The lowest BCUT2D eigenvalue weighted by Crippen LogP contribution is -2.49. The van der Waals surface area contributed by atoms with Crippen molar-refractivity contribution in [1.29, 1.82) is 0 Å². The lowest BCUT2D eigenvalue weighted by Gasteiger charge is -2.27. The highest BCUT2D eigenvalue weighted by atomic mass is 16.6. The van der Waals surface area contributed by atoms with Crippen LogP contribution in [0.15, 0.2) is 0 Å². The fourth-order valence-corrected chi connectivity index (χ4v) is 1.96. The van der Waals surface area contributed by atoms with Gasteiger partial charge in [-0.1, -0.05) is 0 Å². The predicted molar refractivity (Wildman–Crippen MR) is 70.6 cm³/mol. The number of hydrogen-bond acceptors (Lipinski definition) is 5. The van der Waals surface area contributed by atoms with Gasteiger partial charge in [0, 0.05) is 13.2 Å². The number of imide groups is 1. The first kappa shape index (κ1) is 15.9. The van der Waals surface area contributed by atoms with Gasteiger partial charge < -0.3 is 14.8 Å². The van der Waals surface area contributed by atoms with Crippen LogP contribution >= 0.6 is 0 Å². The molecule has 0 aromatic heterocycles. The average molecular weight is 272 g/mol. The lowest BCUT2D eigenvalue weighted by atomic mass is 10.2. The fourth-order valence-electron chi connectivity index (χ4n) is 1.96. The Bertz CT molecular complexity index is 338. The molecule has 1 fully saturated rings. The molecule has 1 N–H and O–H groups in total. The number of carbonyl (C=O) groups is 2. The summed E-state index contributed by atoms with van der Waals surface area (Å²) in [4.78, 5) is 25.3. The number of nitrogens with one attached hydrogen (secondary N) is 1. The van der Waals surface area contributed by atoms with Gasteiger partial charge in [0.15, 0.2) is 0 Å². The summed E-state index contributed by atoms with van der Waals surface area (Å²) in [5.41, 5.74) is -0.639. The molecule has 1 aliphatic rings. The maximum absolute atomic E-state index is 12.3. The Hall–Kier alpha value is -1.14. The third-order valence-electron chi connectivity index (χ3n) is 2.81. The number of carbonyl (C=O) groups excluding carboxylic acids is 2. The number of ether oxygens (including phenoxy) is 2. The number of rotatable bonds is 3. The van der Waals surface area contributed by atoms with Crippen LogP contribution < -0.4 is 5.32 Å². The van der Waals surface area contributed by atoms with Gasteiger partial charge in [0.1, 0.15) is 12.3 Å². The van der Waals surface area contributed by atoms with Crippen LogP contribution in [0.5, 0.6) is 0 Å². The molecule has 1 saturated heterocycles. The van der Waals surface area contributed by atoms with Crippen molar-refractivity contribution in [2.24, 2.45) is 0 Å². The summed E-state index contributed by atoms with van der Waals surface area (Å²) < 4.78 is 10.1. The molecule has 2 amide bonds. The molecule has 0 bridgehead atoms. The number of methoxy groups -OCH3 is 1. The molecule has 0 aromatic carbocycles. The van der Waals surface area contributed by atoms with Crippen LogP contribution in [0.2, 0.25) is 0 Å². The van der Waals surface area contributed by atoms with E-state index >= 15 is 0 Å². The summed E-state index contributed by atoms with van der Waals surface area (Å²) in [6.07, 6.45) is 0.981. The highest BCUT2D eigenvalue weighted by Crippen LogP contribution is 2.16. The molecule has 0 spiro atoms. The van der Waals surface area contributed by atoms with E-state index in [1.807, 2.05) is 6.92 Å². The van der Waals surface area contributed by atoms with Gasteiger partial charge >= 0.3 is 6.09 Å². The van der Waals surface area contributed by atoms with Gasteiger partial charge in [0.05, 0.1) is 6.04 Å². The summed E-state index contributed by atoms with van der Waals surface area (Å²) in [6.45, 7) is 7.20. The van der Waals surface area contributed by atoms with Crippen LogP contribution in [0.4, 0.5) is 4.79 Å². The van der Waals surface area contributed by atoms with Crippen molar-refractivity contribution < 1.29 is 19.1 Å². The van der Waals surface area contributed by atoms with E-state index in [2.05, 4.69) is 5.32 Å². The molecule has 0 aliphatic carbocycles. The van der Waals surface area contributed by atoms with E-state index < -0.39 is 11.7 Å². The molecule has 1 unspecified atom stereocenters. The molecule has 0 radical (unpaired) electrons. The predicted octanol–water partition coefficient (Wildman–Crippen LogP) is 1.49. The van der Waals surface area contributed by atoms with Gasteiger partial charge in [-0.15, -0.1) is 0 Å². The Morgan fingerprint density at radius 2 is 1.95 bits per heavy atom. The largest absolute Gasteiger partial charge is 0.443 e. The second kappa shape index (κ2) is 6.34. The van der Waals surface area contributed by atoms with Gasteiger partial charge in [-0.2, -0.15) is 0 Å². The van der Waals surface area contributed by atoms with Crippen molar-refractivity contribution in [2.75, 3.05) is 13.8 Å². The quantitative estimate of drug-likeness (QED) is 0.788. The van der Waals surface area contributed by atoms with Gasteiger partial charge in [0.2, 0.25) is 0 Å². The standard InChI is InChI=1S/C13H24N2O4/c1-9-6-7-10(14-9)11(16)15(8-18-5)12(17)19-13(2,3)4/h9-10,14H,6-8H2,1-5H3/t9?,10-/m0/s1. The first-order valence-electron chi connectivity index (χ1n) is 6.54. The summed E-state index contributed by atoms with van der Waals surface area (Å²) >= 11 is 0. The third kappa shape index (κ3) is 4.80. The van der Waals surface area contributed by atoms with Crippen molar-refractivity contribution in [3.05, 3.63) is 0 Å². The maximum Gasteiger partial charge on any atom is 0.419 e.